The first-order valence-corrected chi connectivity index (χ1v) is 8.62. The van der Waals surface area contributed by atoms with E-state index in [0.29, 0.717) is 16.4 Å². The Kier molecular flexibility index (Phi) is 5.14. The van der Waals surface area contributed by atoms with Crippen molar-refractivity contribution in [3.8, 4) is 0 Å². The molecule has 0 saturated carbocycles. The molecule has 27 heavy (non-hydrogen) atoms. The summed E-state index contributed by atoms with van der Waals surface area (Å²) in [4.78, 5) is 39.5. The van der Waals surface area contributed by atoms with Crippen molar-refractivity contribution in [1.29, 1.82) is 0 Å². The van der Waals surface area contributed by atoms with Crippen LogP contribution in [0.5, 0.6) is 0 Å². The molecule has 0 aromatic heterocycles. The highest BCUT2D eigenvalue weighted by Gasteiger charge is 2.44. The minimum Gasteiger partial charge on any atom is -0.323 e. The third-order valence-electron chi connectivity index (χ3n) is 4.25. The van der Waals surface area contributed by atoms with Crippen LogP contribution < -0.4 is 10.2 Å². The van der Waals surface area contributed by atoms with Crippen LogP contribution in [-0.2, 0) is 9.59 Å². The van der Waals surface area contributed by atoms with Gasteiger partial charge in [-0.25, -0.2) is 9.18 Å². The number of nitrogens with one attached hydrogen (secondary N) is 1. The van der Waals surface area contributed by atoms with Crippen LogP contribution in [0.25, 0.3) is 0 Å². The average Bonchev–Trinajstić information content (AvgIpc) is 2.82. The van der Waals surface area contributed by atoms with Gasteiger partial charge in [-0.1, -0.05) is 17.7 Å². The predicted octanol–water partition coefficient (Wildman–Crippen LogP) is 3.58. The van der Waals surface area contributed by atoms with Gasteiger partial charge in [0.15, 0.2) is 0 Å². The molecule has 1 N–H and O–H groups in total. The molecule has 140 valence electrons. The molecule has 1 aliphatic heterocycles. The average molecular weight is 390 g/mol. The number of benzene rings is 2. The van der Waals surface area contributed by atoms with Crippen molar-refractivity contribution in [1.82, 2.24) is 4.90 Å². The van der Waals surface area contributed by atoms with Crippen molar-refractivity contribution in [3.05, 3.63) is 58.9 Å². The number of imide groups is 1. The van der Waals surface area contributed by atoms with Crippen molar-refractivity contribution >= 4 is 40.8 Å². The summed E-state index contributed by atoms with van der Waals surface area (Å²) in [7, 11) is 0. The molecule has 2 aromatic carbocycles. The largest absolute Gasteiger partial charge is 0.332 e. The molecule has 1 aliphatic rings. The Hall–Kier alpha value is -2.93. The second-order valence-electron chi connectivity index (χ2n) is 6.26. The molecule has 0 spiro atoms. The van der Waals surface area contributed by atoms with Gasteiger partial charge in [0.05, 0.1) is 10.7 Å². The SMILES string of the molecule is Cc1ccc(NC(=O)CN2C(=O)[C@@H](C)N(c3ccc(F)cc3)C2=O)c(Cl)c1. The minimum absolute atomic E-state index is 0.365. The van der Waals surface area contributed by atoms with Gasteiger partial charge >= 0.3 is 6.03 Å². The number of carbonyl (C=O) groups excluding carboxylic acids is 3. The summed E-state index contributed by atoms with van der Waals surface area (Å²) >= 11 is 6.09. The van der Waals surface area contributed by atoms with Crippen LogP contribution in [0.15, 0.2) is 42.5 Å². The number of nitrogens with zero attached hydrogens (tertiary/aromatic N) is 2. The maximum Gasteiger partial charge on any atom is 0.332 e. The molecule has 0 bridgehead atoms. The number of amides is 4. The summed E-state index contributed by atoms with van der Waals surface area (Å²) in [5.74, 6) is -1.50. The van der Waals surface area contributed by atoms with Gasteiger partial charge in [-0.05, 0) is 55.8 Å². The van der Waals surface area contributed by atoms with Crippen LogP contribution in [0.3, 0.4) is 0 Å². The van der Waals surface area contributed by atoms with E-state index < -0.39 is 36.2 Å². The maximum atomic E-state index is 13.1. The lowest BCUT2D eigenvalue weighted by Crippen LogP contribution is -2.39. The van der Waals surface area contributed by atoms with E-state index in [1.54, 1.807) is 25.1 Å². The number of urea groups is 1. The predicted molar refractivity (Wildman–Crippen MR) is 100 cm³/mol. The molecule has 0 unspecified atom stereocenters. The van der Waals surface area contributed by atoms with Gasteiger partial charge in [0.25, 0.3) is 5.91 Å². The molecule has 1 fully saturated rings. The quantitative estimate of drug-likeness (QED) is 0.812. The normalized spacial score (nSPS) is 16.8. The lowest BCUT2D eigenvalue weighted by molar-refractivity contribution is -0.130. The van der Waals surface area contributed by atoms with E-state index in [-0.39, 0.29) is 0 Å². The van der Waals surface area contributed by atoms with E-state index in [0.717, 1.165) is 10.5 Å². The lowest BCUT2D eigenvalue weighted by atomic mass is 10.2. The first-order chi connectivity index (χ1) is 12.8. The number of aryl methyl sites for hydroxylation is 1. The molecule has 3 rings (SSSR count). The summed E-state index contributed by atoms with van der Waals surface area (Å²) in [6, 6.07) is 8.93. The van der Waals surface area contributed by atoms with Crippen molar-refractivity contribution in [3.63, 3.8) is 0 Å². The van der Waals surface area contributed by atoms with Gasteiger partial charge < -0.3 is 5.32 Å². The third-order valence-corrected chi connectivity index (χ3v) is 4.57. The second kappa shape index (κ2) is 7.36. The van der Waals surface area contributed by atoms with Gasteiger partial charge in [-0.2, -0.15) is 0 Å². The molecule has 1 atom stereocenters. The Morgan fingerprint density at radius 3 is 2.48 bits per heavy atom. The van der Waals surface area contributed by atoms with Gasteiger partial charge in [-0.3, -0.25) is 19.4 Å². The number of anilines is 2. The van der Waals surface area contributed by atoms with Crippen molar-refractivity contribution in [2.75, 3.05) is 16.8 Å². The van der Waals surface area contributed by atoms with Crippen LogP contribution in [-0.4, -0.2) is 35.3 Å². The molecule has 1 saturated heterocycles. The molecule has 8 heteroatoms. The minimum atomic E-state index is -0.793. The van der Waals surface area contributed by atoms with Crippen LogP contribution >= 0.6 is 11.6 Å². The summed E-state index contributed by atoms with van der Waals surface area (Å²) < 4.78 is 13.1. The monoisotopic (exact) mass is 389 g/mol. The van der Waals surface area contributed by atoms with Gasteiger partial charge in [0.1, 0.15) is 18.4 Å². The van der Waals surface area contributed by atoms with Crippen LogP contribution in [0.4, 0.5) is 20.6 Å². The molecular weight excluding hydrogens is 373 g/mol. The molecule has 2 aromatic rings. The summed E-state index contributed by atoms with van der Waals surface area (Å²) in [6.07, 6.45) is 0. The fraction of sp³-hybridized carbons (Fsp3) is 0.211. The number of rotatable bonds is 4. The fourth-order valence-electron chi connectivity index (χ4n) is 2.86. The van der Waals surface area contributed by atoms with E-state index in [4.69, 9.17) is 11.6 Å². The summed E-state index contributed by atoms with van der Waals surface area (Å²) in [5, 5.41) is 2.96. The number of halogens is 2. The van der Waals surface area contributed by atoms with E-state index in [1.165, 1.54) is 29.2 Å². The molecule has 0 radical (unpaired) electrons. The third kappa shape index (κ3) is 3.78. The Bertz CT molecular complexity index is 917. The first kappa shape index (κ1) is 18.8. The zero-order valence-corrected chi connectivity index (χ0v) is 15.5. The van der Waals surface area contributed by atoms with Gasteiger partial charge in [0.2, 0.25) is 5.91 Å². The lowest BCUT2D eigenvalue weighted by Gasteiger charge is -2.19. The topological polar surface area (TPSA) is 69.7 Å². The van der Waals surface area contributed by atoms with Gasteiger partial charge in [0, 0.05) is 5.69 Å². The summed E-state index contributed by atoms with van der Waals surface area (Å²) in [5.41, 5.74) is 1.72. The van der Waals surface area contributed by atoms with Gasteiger partial charge in [-0.15, -0.1) is 0 Å². The molecule has 4 amide bonds. The van der Waals surface area contributed by atoms with Crippen LogP contribution in [0.1, 0.15) is 12.5 Å². The first-order valence-electron chi connectivity index (χ1n) is 8.24. The summed E-state index contributed by atoms with van der Waals surface area (Å²) in [6.45, 7) is 2.98. The number of hydrogen-bond acceptors (Lipinski definition) is 3. The molecule has 6 nitrogen and oxygen atoms in total. The maximum absolute atomic E-state index is 13.1. The highest BCUT2D eigenvalue weighted by atomic mass is 35.5. The fourth-order valence-corrected chi connectivity index (χ4v) is 3.14. The standard InChI is InChI=1S/C19H17ClFN3O3/c1-11-3-8-16(15(20)9-11)22-17(25)10-23-18(26)12(2)24(19(23)27)14-6-4-13(21)5-7-14/h3-9,12H,10H2,1-2H3,(H,22,25)/t12-/m1/s1. The van der Waals surface area contributed by atoms with E-state index in [1.807, 2.05) is 6.92 Å². The molecule has 1 heterocycles. The Morgan fingerprint density at radius 2 is 1.85 bits per heavy atom. The zero-order valence-electron chi connectivity index (χ0n) is 14.7. The Morgan fingerprint density at radius 1 is 1.19 bits per heavy atom. The number of hydrogen-bond donors (Lipinski definition) is 1. The zero-order chi connectivity index (χ0) is 19.7. The van der Waals surface area contributed by atoms with Crippen LogP contribution in [0, 0.1) is 12.7 Å². The van der Waals surface area contributed by atoms with Crippen molar-refractivity contribution in [2.45, 2.75) is 19.9 Å². The van der Waals surface area contributed by atoms with Crippen LogP contribution in [0.2, 0.25) is 5.02 Å². The van der Waals surface area contributed by atoms with E-state index in [9.17, 15) is 18.8 Å². The van der Waals surface area contributed by atoms with E-state index >= 15 is 0 Å². The Balaban J connectivity index is 1.74. The van der Waals surface area contributed by atoms with Crippen molar-refractivity contribution < 1.29 is 18.8 Å². The molecular formula is C19H17ClFN3O3. The highest BCUT2D eigenvalue weighted by molar-refractivity contribution is 6.33. The Labute approximate surface area is 160 Å². The van der Waals surface area contributed by atoms with Crippen molar-refractivity contribution in [2.24, 2.45) is 0 Å². The second-order valence-corrected chi connectivity index (χ2v) is 6.67. The highest BCUT2D eigenvalue weighted by Crippen LogP contribution is 2.26. The van der Waals surface area contributed by atoms with E-state index in [2.05, 4.69) is 5.32 Å². The smallest absolute Gasteiger partial charge is 0.323 e. The number of carbonyl (C=O) groups is 3. The molecule has 0 aliphatic carbocycles.